The molecular formula is C23H27N5O2. The first-order valence-corrected chi connectivity index (χ1v) is 10.4. The highest BCUT2D eigenvalue weighted by molar-refractivity contribution is 5.93. The van der Waals surface area contributed by atoms with Crippen LogP contribution in [0.1, 0.15) is 29.9 Å². The summed E-state index contributed by atoms with van der Waals surface area (Å²) in [6.45, 7) is 9.24. The van der Waals surface area contributed by atoms with E-state index >= 15 is 0 Å². The number of anilines is 1. The topological polar surface area (TPSA) is 71.3 Å². The number of rotatable bonds is 4. The van der Waals surface area contributed by atoms with Crippen LogP contribution in [0.2, 0.25) is 0 Å². The first-order valence-electron chi connectivity index (χ1n) is 10.4. The highest BCUT2D eigenvalue weighted by Gasteiger charge is 2.27. The zero-order valence-corrected chi connectivity index (χ0v) is 17.7. The first-order chi connectivity index (χ1) is 14.5. The predicted octanol–water partition coefficient (Wildman–Crippen LogP) is 2.72. The van der Waals surface area contributed by atoms with Gasteiger partial charge in [-0.2, -0.15) is 0 Å². The van der Waals surface area contributed by atoms with E-state index in [1.165, 1.54) is 11.3 Å². The van der Waals surface area contributed by atoms with Crippen LogP contribution in [0.5, 0.6) is 0 Å². The van der Waals surface area contributed by atoms with Crippen LogP contribution >= 0.6 is 0 Å². The molecule has 2 aromatic heterocycles. The van der Waals surface area contributed by atoms with Gasteiger partial charge in [0.15, 0.2) is 11.3 Å². The van der Waals surface area contributed by atoms with Crippen molar-refractivity contribution in [1.82, 2.24) is 19.4 Å². The average molecular weight is 406 g/mol. The molecule has 1 aromatic carbocycles. The lowest BCUT2D eigenvalue weighted by atomic mass is 10.1. The van der Waals surface area contributed by atoms with Gasteiger partial charge in [0.25, 0.3) is 11.5 Å². The monoisotopic (exact) mass is 405 g/mol. The van der Waals surface area contributed by atoms with Crippen molar-refractivity contribution in [2.45, 2.75) is 27.3 Å². The van der Waals surface area contributed by atoms with Crippen LogP contribution in [0, 0.1) is 12.8 Å². The van der Waals surface area contributed by atoms with Gasteiger partial charge in [-0.15, -0.1) is 0 Å². The number of benzene rings is 1. The molecule has 156 valence electrons. The second-order valence-electron chi connectivity index (χ2n) is 8.18. The van der Waals surface area contributed by atoms with Crippen LogP contribution in [-0.2, 0) is 6.54 Å². The quantitative estimate of drug-likeness (QED) is 0.667. The van der Waals surface area contributed by atoms with Gasteiger partial charge >= 0.3 is 0 Å². The number of nitrogens with zero attached hydrogens (tertiary/aromatic N) is 5. The van der Waals surface area contributed by atoms with Gasteiger partial charge < -0.3 is 9.80 Å². The zero-order chi connectivity index (χ0) is 21.3. The van der Waals surface area contributed by atoms with Crippen LogP contribution in [0.4, 0.5) is 5.69 Å². The highest BCUT2D eigenvalue weighted by atomic mass is 16.2. The Kier molecular flexibility index (Phi) is 5.53. The van der Waals surface area contributed by atoms with Crippen molar-refractivity contribution in [3.8, 4) is 0 Å². The third kappa shape index (κ3) is 3.79. The largest absolute Gasteiger partial charge is 0.368 e. The van der Waals surface area contributed by atoms with Gasteiger partial charge in [0.05, 0.1) is 0 Å². The lowest BCUT2D eigenvalue weighted by Gasteiger charge is -2.36. The standard InChI is InChI=1S/C23H27N5O2/c1-16(2)15-28-21-18(8-6-10-24-21)25-20(23(28)30)22(29)27-13-11-26(12-14-27)19-9-5-4-7-17(19)3/h4-10,16H,11-15H2,1-3H3. The van der Waals surface area contributed by atoms with Crippen molar-refractivity contribution in [2.75, 3.05) is 31.1 Å². The molecule has 30 heavy (non-hydrogen) atoms. The number of carbonyl (C=O) groups excluding carboxylic acids is 1. The lowest BCUT2D eigenvalue weighted by Crippen LogP contribution is -2.50. The van der Waals surface area contributed by atoms with Gasteiger partial charge in [-0.05, 0) is 36.6 Å². The number of amides is 1. The molecule has 0 aliphatic carbocycles. The van der Waals surface area contributed by atoms with Crippen molar-refractivity contribution >= 4 is 22.8 Å². The fourth-order valence-electron chi connectivity index (χ4n) is 3.97. The summed E-state index contributed by atoms with van der Waals surface area (Å²) in [4.78, 5) is 39.1. The van der Waals surface area contributed by atoms with Crippen LogP contribution in [0.15, 0.2) is 47.4 Å². The van der Waals surface area contributed by atoms with Gasteiger partial charge in [-0.3, -0.25) is 14.2 Å². The molecule has 1 amide bonds. The van der Waals surface area contributed by atoms with Gasteiger partial charge in [0, 0.05) is 44.6 Å². The maximum atomic E-state index is 13.2. The summed E-state index contributed by atoms with van der Waals surface area (Å²) in [5.41, 5.74) is 3.13. The van der Waals surface area contributed by atoms with Crippen LogP contribution in [-0.4, -0.2) is 51.5 Å². The number of aryl methyl sites for hydroxylation is 1. The molecule has 3 heterocycles. The maximum absolute atomic E-state index is 13.2. The maximum Gasteiger partial charge on any atom is 0.283 e. The van der Waals surface area contributed by atoms with E-state index in [0.717, 1.165) is 13.1 Å². The van der Waals surface area contributed by atoms with E-state index in [1.807, 2.05) is 26.0 Å². The van der Waals surface area contributed by atoms with Gasteiger partial charge in [-0.1, -0.05) is 32.0 Å². The van der Waals surface area contributed by atoms with Crippen molar-refractivity contribution < 1.29 is 4.79 Å². The normalized spacial score (nSPS) is 14.5. The fourth-order valence-corrected chi connectivity index (χ4v) is 3.97. The summed E-state index contributed by atoms with van der Waals surface area (Å²) >= 11 is 0. The summed E-state index contributed by atoms with van der Waals surface area (Å²) in [6.07, 6.45) is 1.65. The van der Waals surface area contributed by atoms with E-state index in [9.17, 15) is 9.59 Å². The Bertz CT molecular complexity index is 1130. The van der Waals surface area contributed by atoms with E-state index in [-0.39, 0.29) is 23.1 Å². The number of aromatic nitrogens is 3. The summed E-state index contributed by atoms with van der Waals surface area (Å²) in [5, 5.41) is 0. The van der Waals surface area contributed by atoms with E-state index < -0.39 is 0 Å². The molecule has 3 aromatic rings. The molecule has 1 aliphatic rings. The molecule has 1 saturated heterocycles. The molecule has 0 bridgehead atoms. The molecule has 0 unspecified atom stereocenters. The number of para-hydroxylation sites is 1. The zero-order valence-electron chi connectivity index (χ0n) is 17.7. The van der Waals surface area contributed by atoms with E-state index in [4.69, 9.17) is 0 Å². The number of pyridine rings is 1. The van der Waals surface area contributed by atoms with Crippen LogP contribution in [0.3, 0.4) is 0 Å². The summed E-state index contributed by atoms with van der Waals surface area (Å²) in [6, 6.07) is 11.8. The summed E-state index contributed by atoms with van der Waals surface area (Å²) in [5.74, 6) is -0.0522. The molecule has 0 radical (unpaired) electrons. The lowest BCUT2D eigenvalue weighted by molar-refractivity contribution is 0.0738. The molecule has 1 aliphatic heterocycles. The highest BCUT2D eigenvalue weighted by Crippen LogP contribution is 2.21. The Labute approximate surface area is 176 Å². The van der Waals surface area contributed by atoms with Gasteiger partial charge in [-0.25, -0.2) is 9.97 Å². The number of hydrogen-bond acceptors (Lipinski definition) is 5. The Morgan fingerprint density at radius 1 is 1.07 bits per heavy atom. The molecule has 7 nitrogen and oxygen atoms in total. The molecule has 0 spiro atoms. The number of fused-ring (bicyclic) bond motifs is 1. The molecule has 7 heteroatoms. The average Bonchev–Trinajstić information content (AvgIpc) is 2.75. The smallest absolute Gasteiger partial charge is 0.283 e. The molecule has 0 atom stereocenters. The van der Waals surface area contributed by atoms with Crippen LogP contribution in [0.25, 0.3) is 11.2 Å². The number of piperazine rings is 1. The van der Waals surface area contributed by atoms with Crippen molar-refractivity contribution in [3.63, 3.8) is 0 Å². The fraction of sp³-hybridized carbons (Fsp3) is 0.391. The SMILES string of the molecule is Cc1ccccc1N1CCN(C(=O)c2nc3cccnc3n(CC(C)C)c2=O)CC1. The van der Waals surface area contributed by atoms with Gasteiger partial charge in [0.2, 0.25) is 0 Å². The minimum absolute atomic E-state index is 0.0134. The third-order valence-electron chi connectivity index (χ3n) is 5.48. The van der Waals surface area contributed by atoms with E-state index in [0.29, 0.717) is 30.8 Å². The number of carbonyl (C=O) groups is 1. The van der Waals surface area contributed by atoms with Crippen molar-refractivity contribution in [2.24, 2.45) is 5.92 Å². The Morgan fingerprint density at radius 3 is 2.50 bits per heavy atom. The minimum Gasteiger partial charge on any atom is -0.368 e. The molecule has 0 saturated carbocycles. The second-order valence-corrected chi connectivity index (χ2v) is 8.18. The molecular weight excluding hydrogens is 378 g/mol. The Hall–Kier alpha value is -3.22. The van der Waals surface area contributed by atoms with Gasteiger partial charge in [0.1, 0.15) is 5.52 Å². The summed E-state index contributed by atoms with van der Waals surface area (Å²) < 4.78 is 1.59. The minimum atomic E-state index is -0.360. The van der Waals surface area contributed by atoms with Crippen molar-refractivity contribution in [1.29, 1.82) is 0 Å². The number of hydrogen-bond donors (Lipinski definition) is 0. The van der Waals surface area contributed by atoms with Crippen molar-refractivity contribution in [3.05, 3.63) is 64.2 Å². The Balaban J connectivity index is 1.60. The summed E-state index contributed by atoms with van der Waals surface area (Å²) in [7, 11) is 0. The molecule has 0 N–H and O–H groups in total. The molecule has 4 rings (SSSR count). The first kappa shape index (κ1) is 20.1. The third-order valence-corrected chi connectivity index (χ3v) is 5.48. The van der Waals surface area contributed by atoms with Crippen LogP contribution < -0.4 is 10.5 Å². The van der Waals surface area contributed by atoms with E-state index in [2.05, 4.69) is 33.9 Å². The molecule has 1 fully saturated rings. The second kappa shape index (κ2) is 8.26. The Morgan fingerprint density at radius 2 is 1.80 bits per heavy atom. The predicted molar refractivity (Wildman–Crippen MR) is 118 cm³/mol. The van der Waals surface area contributed by atoms with E-state index in [1.54, 1.807) is 27.8 Å².